The third-order valence-corrected chi connectivity index (χ3v) is 3.46. The number of carbonyl (C=O) groups is 2. The molecule has 0 saturated carbocycles. The zero-order chi connectivity index (χ0) is 14.5. The van der Waals surface area contributed by atoms with Crippen molar-refractivity contribution in [2.45, 2.75) is 32.2 Å². The number of likely N-dealkylation sites (tertiary alicyclic amines) is 1. The van der Waals surface area contributed by atoms with E-state index in [9.17, 15) is 9.59 Å². The lowest BCUT2D eigenvalue weighted by Gasteiger charge is -2.21. The van der Waals surface area contributed by atoms with E-state index in [4.69, 9.17) is 9.84 Å². The van der Waals surface area contributed by atoms with Crippen LogP contribution < -0.4 is 4.74 Å². The van der Waals surface area contributed by atoms with Crippen LogP contribution in [0.25, 0.3) is 0 Å². The van der Waals surface area contributed by atoms with Crippen LogP contribution in [-0.4, -0.2) is 41.1 Å². The maximum Gasteiger partial charge on any atom is 0.326 e. The van der Waals surface area contributed by atoms with E-state index in [1.165, 1.54) is 4.90 Å². The van der Waals surface area contributed by atoms with Crippen LogP contribution >= 0.6 is 0 Å². The molecule has 1 aliphatic heterocycles. The largest absolute Gasteiger partial charge is 0.493 e. The van der Waals surface area contributed by atoms with Crippen LogP contribution in [0.1, 0.15) is 24.8 Å². The Balaban J connectivity index is 1.80. The van der Waals surface area contributed by atoms with E-state index < -0.39 is 12.0 Å². The quantitative estimate of drug-likeness (QED) is 0.891. The average Bonchev–Trinajstić information content (AvgIpc) is 2.90. The monoisotopic (exact) mass is 277 g/mol. The van der Waals surface area contributed by atoms with Gasteiger partial charge < -0.3 is 14.7 Å². The summed E-state index contributed by atoms with van der Waals surface area (Å²) in [6, 6.07) is 6.93. The standard InChI is InChI=1S/C15H19NO4/c1-11-4-6-12(7-5-11)20-10-8-14(17)16-9-2-3-13(16)15(18)19/h4-7,13H,2-3,8-10H2,1H3,(H,18,19). The molecule has 1 amide bonds. The van der Waals surface area contributed by atoms with Gasteiger partial charge in [0.15, 0.2) is 0 Å². The minimum Gasteiger partial charge on any atom is -0.493 e. The molecule has 1 aliphatic rings. The van der Waals surface area contributed by atoms with Gasteiger partial charge in [0, 0.05) is 6.54 Å². The smallest absolute Gasteiger partial charge is 0.326 e. The molecule has 1 N–H and O–H groups in total. The van der Waals surface area contributed by atoms with Crippen molar-refractivity contribution in [3.05, 3.63) is 29.8 Å². The van der Waals surface area contributed by atoms with Crippen LogP contribution in [0.5, 0.6) is 5.75 Å². The van der Waals surface area contributed by atoms with Crippen LogP contribution in [0.4, 0.5) is 0 Å². The summed E-state index contributed by atoms with van der Waals surface area (Å²) in [5, 5.41) is 9.04. The van der Waals surface area contributed by atoms with Crippen molar-refractivity contribution in [3.8, 4) is 5.75 Å². The maximum atomic E-state index is 12.0. The second-order valence-corrected chi connectivity index (χ2v) is 4.99. The molecular weight excluding hydrogens is 258 g/mol. The molecule has 1 unspecified atom stereocenters. The highest BCUT2D eigenvalue weighted by Crippen LogP contribution is 2.18. The second-order valence-electron chi connectivity index (χ2n) is 4.99. The average molecular weight is 277 g/mol. The van der Waals surface area contributed by atoms with Gasteiger partial charge in [-0.2, -0.15) is 0 Å². The Morgan fingerprint density at radius 3 is 2.70 bits per heavy atom. The number of amides is 1. The number of ether oxygens (including phenoxy) is 1. The molecule has 1 saturated heterocycles. The number of carboxylic acids is 1. The number of carbonyl (C=O) groups excluding carboxylic acids is 1. The number of rotatable bonds is 5. The Bertz CT molecular complexity index is 483. The molecule has 1 aromatic rings. The van der Waals surface area contributed by atoms with Crippen LogP contribution in [0.3, 0.4) is 0 Å². The fraction of sp³-hybridized carbons (Fsp3) is 0.467. The zero-order valence-corrected chi connectivity index (χ0v) is 11.5. The molecule has 2 rings (SSSR count). The fourth-order valence-corrected chi connectivity index (χ4v) is 2.36. The van der Waals surface area contributed by atoms with Gasteiger partial charge in [-0.25, -0.2) is 4.79 Å². The van der Waals surface area contributed by atoms with Gasteiger partial charge in [-0.3, -0.25) is 4.79 Å². The highest BCUT2D eigenvalue weighted by molar-refractivity contribution is 5.84. The van der Waals surface area contributed by atoms with Crippen molar-refractivity contribution in [1.82, 2.24) is 4.90 Å². The molecular formula is C15H19NO4. The third-order valence-electron chi connectivity index (χ3n) is 3.46. The molecule has 0 spiro atoms. The predicted octanol–water partition coefficient (Wildman–Crippen LogP) is 1.84. The topological polar surface area (TPSA) is 66.8 Å². The molecule has 5 nitrogen and oxygen atoms in total. The van der Waals surface area contributed by atoms with Gasteiger partial charge in [-0.05, 0) is 31.9 Å². The van der Waals surface area contributed by atoms with E-state index in [1.54, 1.807) is 0 Å². The molecule has 0 bridgehead atoms. The summed E-state index contributed by atoms with van der Waals surface area (Å²) in [5.74, 6) is -0.350. The third kappa shape index (κ3) is 3.50. The van der Waals surface area contributed by atoms with E-state index in [0.29, 0.717) is 13.0 Å². The van der Waals surface area contributed by atoms with Crippen molar-refractivity contribution in [3.63, 3.8) is 0 Å². The summed E-state index contributed by atoms with van der Waals surface area (Å²) in [4.78, 5) is 24.5. The van der Waals surface area contributed by atoms with Gasteiger partial charge in [-0.1, -0.05) is 17.7 Å². The molecule has 20 heavy (non-hydrogen) atoms. The minimum absolute atomic E-state index is 0.151. The van der Waals surface area contributed by atoms with Crippen molar-refractivity contribution in [1.29, 1.82) is 0 Å². The Labute approximate surface area is 118 Å². The zero-order valence-electron chi connectivity index (χ0n) is 11.5. The molecule has 5 heteroatoms. The van der Waals surface area contributed by atoms with Crippen molar-refractivity contribution in [2.24, 2.45) is 0 Å². The van der Waals surface area contributed by atoms with Gasteiger partial charge in [-0.15, -0.1) is 0 Å². The van der Waals surface area contributed by atoms with Crippen molar-refractivity contribution < 1.29 is 19.4 Å². The molecule has 0 aliphatic carbocycles. The summed E-state index contributed by atoms with van der Waals surface area (Å²) in [7, 11) is 0. The van der Waals surface area contributed by atoms with Crippen LogP contribution in [0, 0.1) is 6.92 Å². The lowest BCUT2D eigenvalue weighted by Crippen LogP contribution is -2.40. The Morgan fingerprint density at radius 1 is 1.35 bits per heavy atom. The van der Waals surface area contributed by atoms with Crippen LogP contribution in [-0.2, 0) is 9.59 Å². The van der Waals surface area contributed by atoms with E-state index in [1.807, 2.05) is 31.2 Å². The van der Waals surface area contributed by atoms with Crippen LogP contribution in [0.2, 0.25) is 0 Å². The molecule has 1 heterocycles. The molecule has 1 atom stereocenters. The molecule has 1 aromatic carbocycles. The van der Waals surface area contributed by atoms with Gasteiger partial charge in [0.05, 0.1) is 13.0 Å². The Morgan fingerprint density at radius 2 is 2.05 bits per heavy atom. The maximum absolute atomic E-state index is 12.0. The summed E-state index contributed by atoms with van der Waals surface area (Å²) in [6.07, 6.45) is 1.50. The van der Waals surface area contributed by atoms with E-state index in [2.05, 4.69) is 0 Å². The second kappa shape index (κ2) is 6.41. The summed E-state index contributed by atoms with van der Waals surface area (Å²) >= 11 is 0. The summed E-state index contributed by atoms with van der Waals surface area (Å²) in [5.41, 5.74) is 1.15. The fourth-order valence-electron chi connectivity index (χ4n) is 2.36. The van der Waals surface area contributed by atoms with Crippen molar-refractivity contribution in [2.75, 3.05) is 13.2 Å². The first-order valence-corrected chi connectivity index (χ1v) is 6.79. The number of hydrogen-bond donors (Lipinski definition) is 1. The first-order chi connectivity index (χ1) is 9.58. The van der Waals surface area contributed by atoms with E-state index in [0.717, 1.165) is 17.7 Å². The normalized spacial score (nSPS) is 18.1. The number of carboxylic acid groups (broad SMARTS) is 1. The summed E-state index contributed by atoms with van der Waals surface area (Å²) in [6.45, 7) is 2.79. The Kier molecular flexibility index (Phi) is 4.61. The van der Waals surface area contributed by atoms with E-state index >= 15 is 0 Å². The number of aryl methyl sites for hydroxylation is 1. The lowest BCUT2D eigenvalue weighted by atomic mass is 10.2. The van der Waals surface area contributed by atoms with Gasteiger partial charge >= 0.3 is 5.97 Å². The Hall–Kier alpha value is -2.04. The van der Waals surface area contributed by atoms with Crippen LogP contribution in [0.15, 0.2) is 24.3 Å². The number of benzene rings is 1. The number of aliphatic carboxylic acids is 1. The lowest BCUT2D eigenvalue weighted by molar-refractivity contribution is -0.148. The minimum atomic E-state index is -0.921. The number of hydrogen-bond acceptors (Lipinski definition) is 3. The summed E-state index contributed by atoms with van der Waals surface area (Å²) < 4.78 is 5.49. The molecule has 0 radical (unpaired) electrons. The highest BCUT2D eigenvalue weighted by Gasteiger charge is 2.33. The van der Waals surface area contributed by atoms with Gasteiger partial charge in [0.1, 0.15) is 11.8 Å². The predicted molar refractivity (Wildman–Crippen MR) is 73.7 cm³/mol. The molecule has 0 aromatic heterocycles. The van der Waals surface area contributed by atoms with Gasteiger partial charge in [0.2, 0.25) is 5.91 Å². The SMILES string of the molecule is Cc1ccc(OCCC(=O)N2CCCC2C(=O)O)cc1. The van der Waals surface area contributed by atoms with E-state index in [-0.39, 0.29) is 18.9 Å². The highest BCUT2D eigenvalue weighted by atomic mass is 16.5. The van der Waals surface area contributed by atoms with Gasteiger partial charge in [0.25, 0.3) is 0 Å². The number of nitrogens with zero attached hydrogens (tertiary/aromatic N) is 1. The van der Waals surface area contributed by atoms with Crippen molar-refractivity contribution >= 4 is 11.9 Å². The molecule has 1 fully saturated rings. The first kappa shape index (κ1) is 14.4. The first-order valence-electron chi connectivity index (χ1n) is 6.79. The molecule has 108 valence electrons.